The molecule has 2 aromatic heterocycles. The first-order chi connectivity index (χ1) is 13.1. The Morgan fingerprint density at radius 1 is 1.22 bits per heavy atom. The summed E-state index contributed by atoms with van der Waals surface area (Å²) in [6, 6.07) is 13.8. The minimum absolute atomic E-state index is 0.0144. The highest BCUT2D eigenvalue weighted by atomic mass is 35.5. The monoisotopic (exact) mass is 397 g/mol. The number of aromatic hydroxyl groups is 1. The Balaban J connectivity index is 1.55. The van der Waals surface area contributed by atoms with E-state index in [2.05, 4.69) is 15.5 Å². The van der Waals surface area contributed by atoms with Gasteiger partial charge in [-0.1, -0.05) is 29.8 Å². The molecular formula is C19H12ClN3O3S. The van der Waals surface area contributed by atoms with E-state index in [-0.39, 0.29) is 10.8 Å². The lowest BCUT2D eigenvalue weighted by Crippen LogP contribution is -2.02. The molecule has 0 saturated carbocycles. The SMILES string of the molecule is O=c1oc2ccccc2cc1-c1csc(N/N=C/c2ccc(O)c(Cl)c2)n1. The van der Waals surface area contributed by atoms with Crippen LogP contribution in [0.5, 0.6) is 5.75 Å². The number of nitrogens with one attached hydrogen (secondary N) is 1. The number of benzene rings is 2. The molecule has 0 bridgehead atoms. The average Bonchev–Trinajstić information content (AvgIpc) is 3.13. The second-order valence-corrected chi connectivity index (χ2v) is 6.87. The fourth-order valence-electron chi connectivity index (χ4n) is 2.45. The summed E-state index contributed by atoms with van der Waals surface area (Å²) >= 11 is 7.17. The van der Waals surface area contributed by atoms with E-state index < -0.39 is 5.63 Å². The normalized spacial score (nSPS) is 11.3. The first kappa shape index (κ1) is 17.3. The van der Waals surface area contributed by atoms with Gasteiger partial charge >= 0.3 is 5.63 Å². The van der Waals surface area contributed by atoms with E-state index in [1.165, 1.54) is 17.4 Å². The zero-order valence-corrected chi connectivity index (χ0v) is 15.3. The van der Waals surface area contributed by atoms with Crippen molar-refractivity contribution in [3.63, 3.8) is 0 Å². The van der Waals surface area contributed by atoms with Crippen molar-refractivity contribution in [2.75, 3.05) is 5.43 Å². The molecule has 6 nitrogen and oxygen atoms in total. The highest BCUT2D eigenvalue weighted by Crippen LogP contribution is 2.25. The van der Waals surface area contributed by atoms with Gasteiger partial charge in [0.05, 0.1) is 22.5 Å². The molecule has 4 rings (SSSR count). The molecule has 0 aliphatic heterocycles. The Labute approximate surface area is 162 Å². The molecule has 27 heavy (non-hydrogen) atoms. The predicted octanol–water partition coefficient (Wildman–Crippen LogP) is 4.72. The first-order valence-corrected chi connectivity index (χ1v) is 9.12. The van der Waals surface area contributed by atoms with Crippen molar-refractivity contribution in [1.29, 1.82) is 0 Å². The maximum atomic E-state index is 12.2. The molecule has 2 N–H and O–H groups in total. The van der Waals surface area contributed by atoms with Crippen LogP contribution in [-0.2, 0) is 0 Å². The molecular weight excluding hydrogens is 386 g/mol. The minimum Gasteiger partial charge on any atom is -0.506 e. The third-order valence-electron chi connectivity index (χ3n) is 3.77. The summed E-state index contributed by atoms with van der Waals surface area (Å²) in [6.07, 6.45) is 1.55. The largest absolute Gasteiger partial charge is 0.506 e. The number of hydrogen-bond donors (Lipinski definition) is 2. The molecule has 0 fully saturated rings. The second-order valence-electron chi connectivity index (χ2n) is 5.60. The number of anilines is 1. The van der Waals surface area contributed by atoms with Crippen LogP contribution in [0.2, 0.25) is 5.02 Å². The van der Waals surface area contributed by atoms with Gasteiger partial charge in [-0.05, 0) is 35.9 Å². The van der Waals surface area contributed by atoms with Crippen LogP contribution in [0.1, 0.15) is 5.56 Å². The van der Waals surface area contributed by atoms with Crippen LogP contribution in [0, 0.1) is 0 Å². The van der Waals surface area contributed by atoms with Gasteiger partial charge < -0.3 is 9.52 Å². The third kappa shape index (κ3) is 3.69. The van der Waals surface area contributed by atoms with Gasteiger partial charge in [0.1, 0.15) is 11.3 Å². The van der Waals surface area contributed by atoms with Crippen molar-refractivity contribution >= 4 is 45.3 Å². The molecule has 0 spiro atoms. The average molecular weight is 398 g/mol. The Hall–Kier alpha value is -3.16. The van der Waals surface area contributed by atoms with Crippen molar-refractivity contribution < 1.29 is 9.52 Å². The fraction of sp³-hybridized carbons (Fsp3) is 0. The number of thiazole rings is 1. The first-order valence-electron chi connectivity index (χ1n) is 7.86. The molecule has 0 aliphatic carbocycles. The van der Waals surface area contributed by atoms with Crippen molar-refractivity contribution in [2.45, 2.75) is 0 Å². The lowest BCUT2D eigenvalue weighted by atomic mass is 10.1. The standard InChI is InChI=1S/C19H12ClN3O3S/c20-14-7-11(5-6-16(14)24)9-21-23-19-22-15(10-27-19)13-8-12-3-1-2-4-17(12)26-18(13)25/h1-10,24H,(H,22,23)/b21-9+. The number of rotatable bonds is 4. The zero-order valence-electron chi connectivity index (χ0n) is 13.7. The zero-order chi connectivity index (χ0) is 18.8. The molecule has 134 valence electrons. The van der Waals surface area contributed by atoms with Crippen molar-refractivity contribution in [1.82, 2.24) is 4.98 Å². The Morgan fingerprint density at radius 3 is 2.93 bits per heavy atom. The molecule has 0 saturated heterocycles. The minimum atomic E-state index is -0.437. The van der Waals surface area contributed by atoms with E-state index in [1.54, 1.807) is 35.9 Å². The number of para-hydroxylation sites is 1. The van der Waals surface area contributed by atoms with Gasteiger partial charge in [-0.3, -0.25) is 5.43 Å². The van der Waals surface area contributed by atoms with E-state index >= 15 is 0 Å². The summed E-state index contributed by atoms with van der Waals surface area (Å²) in [4.78, 5) is 16.6. The topological polar surface area (TPSA) is 87.7 Å². The quantitative estimate of drug-likeness (QED) is 0.295. The number of nitrogens with zero attached hydrogens (tertiary/aromatic N) is 2. The number of aromatic nitrogens is 1. The van der Waals surface area contributed by atoms with Crippen LogP contribution in [0.4, 0.5) is 5.13 Å². The highest BCUT2D eigenvalue weighted by Gasteiger charge is 2.11. The van der Waals surface area contributed by atoms with Gasteiger partial charge in [-0.2, -0.15) is 5.10 Å². The van der Waals surface area contributed by atoms with E-state index in [4.69, 9.17) is 16.0 Å². The fourth-order valence-corrected chi connectivity index (χ4v) is 3.30. The van der Waals surface area contributed by atoms with E-state index in [9.17, 15) is 9.90 Å². The second kappa shape index (κ2) is 7.22. The molecule has 2 heterocycles. The number of hydrazone groups is 1. The van der Waals surface area contributed by atoms with Gasteiger partial charge in [0, 0.05) is 10.8 Å². The predicted molar refractivity (Wildman–Crippen MR) is 108 cm³/mol. The summed E-state index contributed by atoms with van der Waals surface area (Å²) in [5.74, 6) is 0.0144. The van der Waals surface area contributed by atoms with Crippen LogP contribution in [0.3, 0.4) is 0 Å². The van der Waals surface area contributed by atoms with E-state index in [0.29, 0.717) is 22.0 Å². The van der Waals surface area contributed by atoms with Crippen molar-refractivity contribution in [2.24, 2.45) is 5.10 Å². The van der Waals surface area contributed by atoms with E-state index in [1.807, 2.05) is 18.2 Å². The van der Waals surface area contributed by atoms with Crippen LogP contribution < -0.4 is 11.1 Å². The number of halogens is 1. The molecule has 2 aromatic carbocycles. The summed E-state index contributed by atoms with van der Waals surface area (Å²) in [5.41, 5.74) is 4.55. The molecule has 0 unspecified atom stereocenters. The van der Waals surface area contributed by atoms with E-state index in [0.717, 1.165) is 10.9 Å². The summed E-state index contributed by atoms with van der Waals surface area (Å²) in [6.45, 7) is 0. The molecule has 0 atom stereocenters. The van der Waals surface area contributed by atoms with Gasteiger partial charge in [-0.25, -0.2) is 9.78 Å². The Kier molecular flexibility index (Phi) is 4.62. The molecule has 8 heteroatoms. The maximum absolute atomic E-state index is 12.2. The molecule has 0 amide bonds. The number of hydrogen-bond acceptors (Lipinski definition) is 7. The number of phenolic OH excluding ortho intramolecular Hbond substituents is 1. The third-order valence-corrected chi connectivity index (χ3v) is 4.82. The maximum Gasteiger partial charge on any atom is 0.345 e. The highest BCUT2D eigenvalue weighted by molar-refractivity contribution is 7.14. The van der Waals surface area contributed by atoms with Crippen LogP contribution in [0.15, 0.2) is 68.2 Å². The van der Waals surface area contributed by atoms with Crippen molar-refractivity contribution in [3.05, 3.63) is 74.9 Å². The molecule has 0 radical (unpaired) electrons. The lowest BCUT2D eigenvalue weighted by Gasteiger charge is -1.99. The smallest absolute Gasteiger partial charge is 0.345 e. The van der Waals surface area contributed by atoms with Crippen LogP contribution in [-0.4, -0.2) is 16.3 Å². The van der Waals surface area contributed by atoms with Gasteiger partial charge in [0.2, 0.25) is 5.13 Å². The van der Waals surface area contributed by atoms with Crippen LogP contribution >= 0.6 is 22.9 Å². The number of fused-ring (bicyclic) bond motifs is 1. The molecule has 0 aliphatic rings. The Bertz CT molecular complexity index is 1220. The summed E-state index contributed by atoms with van der Waals surface area (Å²) < 4.78 is 5.34. The van der Waals surface area contributed by atoms with Crippen LogP contribution in [0.25, 0.3) is 22.2 Å². The summed E-state index contributed by atoms with van der Waals surface area (Å²) in [7, 11) is 0. The van der Waals surface area contributed by atoms with Gasteiger partial charge in [-0.15, -0.1) is 11.3 Å². The van der Waals surface area contributed by atoms with Gasteiger partial charge in [0.25, 0.3) is 0 Å². The van der Waals surface area contributed by atoms with Crippen molar-refractivity contribution in [3.8, 4) is 17.0 Å². The number of phenols is 1. The summed E-state index contributed by atoms with van der Waals surface area (Å²) in [5, 5.41) is 16.9. The Morgan fingerprint density at radius 2 is 2.07 bits per heavy atom. The van der Waals surface area contributed by atoms with Gasteiger partial charge in [0.15, 0.2) is 0 Å². The lowest BCUT2D eigenvalue weighted by molar-refractivity contribution is 0.475. The molecule has 4 aromatic rings.